The second-order valence-corrected chi connectivity index (χ2v) is 23.7. The lowest BCUT2D eigenvalue weighted by Crippen LogP contribution is -2.70. The van der Waals surface area contributed by atoms with Crippen LogP contribution in [0.25, 0.3) is 0 Å². The van der Waals surface area contributed by atoms with E-state index in [4.69, 9.17) is 61.6 Å². The molecule has 1 aliphatic carbocycles. The smallest absolute Gasteiger partial charge is 0.311 e. The van der Waals surface area contributed by atoms with Crippen molar-refractivity contribution in [2.24, 2.45) is 22.7 Å². The Morgan fingerprint density at radius 1 is 0.513 bits per heavy atom. The largest absolute Gasteiger partial charge is 0.463 e. The number of carbonyl (C=O) groups is 9. The Hall–Kier alpha value is -5.75. The Morgan fingerprint density at radius 2 is 0.974 bits per heavy atom. The van der Waals surface area contributed by atoms with Crippen molar-refractivity contribution in [1.29, 1.82) is 0 Å². The molecule has 1 amide bonds. The van der Waals surface area contributed by atoms with Crippen LogP contribution in [-0.4, -0.2) is 152 Å². The van der Waals surface area contributed by atoms with E-state index in [-0.39, 0.29) is 19.4 Å². The lowest BCUT2D eigenvalue weighted by atomic mass is 9.76. The first-order valence-corrected chi connectivity index (χ1v) is 26.0. The summed E-state index contributed by atoms with van der Waals surface area (Å²) in [6, 6.07) is 7.48. The molecule has 0 spiro atoms. The highest BCUT2D eigenvalue weighted by atomic mass is 16.8. The molecule has 2 heterocycles. The van der Waals surface area contributed by atoms with E-state index >= 15 is 0 Å². The van der Waals surface area contributed by atoms with Crippen LogP contribution in [0.5, 0.6) is 0 Å². The predicted octanol–water partition coefficient (Wildman–Crippen LogP) is 4.91. The van der Waals surface area contributed by atoms with Gasteiger partial charge in [-0.1, -0.05) is 30.3 Å². The van der Waals surface area contributed by atoms with E-state index in [1.165, 1.54) is 0 Å². The maximum absolute atomic E-state index is 14.3. The summed E-state index contributed by atoms with van der Waals surface area (Å²) in [5.74, 6) is -9.64. The van der Waals surface area contributed by atoms with Crippen LogP contribution in [0.2, 0.25) is 0 Å². The highest BCUT2D eigenvalue weighted by Gasteiger charge is 2.59. The number of rotatable bonds is 18. The number of hydrogen-bond acceptors (Lipinski definition) is 22. The van der Waals surface area contributed by atoms with Crippen LogP contribution in [0.15, 0.2) is 30.3 Å². The van der Waals surface area contributed by atoms with Crippen molar-refractivity contribution in [3.05, 3.63) is 35.9 Å². The van der Waals surface area contributed by atoms with Gasteiger partial charge >= 0.3 is 47.8 Å². The summed E-state index contributed by atoms with van der Waals surface area (Å²) in [6.07, 6.45) is -18.0. The van der Waals surface area contributed by atoms with Gasteiger partial charge in [0, 0.05) is 34.6 Å². The highest BCUT2D eigenvalue weighted by molar-refractivity contribution is 5.83. The molecule has 1 aromatic carbocycles. The van der Waals surface area contributed by atoms with Gasteiger partial charge in [0.15, 0.2) is 37.0 Å². The zero-order chi connectivity index (χ0) is 58.8. The van der Waals surface area contributed by atoms with Gasteiger partial charge in [0.1, 0.15) is 48.8 Å². The molecule has 3 fully saturated rings. The molecular formula is C55H81NO22. The third-order valence-corrected chi connectivity index (χ3v) is 12.0. The summed E-state index contributed by atoms with van der Waals surface area (Å²) in [6.45, 7) is 23.6. The maximum Gasteiger partial charge on any atom is 0.311 e. The Kier molecular flexibility index (Phi) is 22.4. The van der Waals surface area contributed by atoms with E-state index in [0.29, 0.717) is 0 Å². The third kappa shape index (κ3) is 19.6. The molecule has 0 radical (unpaired) electrons. The van der Waals surface area contributed by atoms with Gasteiger partial charge in [-0.25, -0.2) is 0 Å². The fourth-order valence-corrected chi connectivity index (χ4v) is 8.65. The summed E-state index contributed by atoms with van der Waals surface area (Å²) >= 11 is 0. The highest BCUT2D eigenvalue weighted by Crippen LogP contribution is 2.41. The van der Waals surface area contributed by atoms with Gasteiger partial charge in [-0.2, -0.15) is 0 Å². The zero-order valence-corrected chi connectivity index (χ0v) is 48.0. The van der Waals surface area contributed by atoms with Crippen LogP contribution in [0, 0.1) is 22.7 Å². The van der Waals surface area contributed by atoms with E-state index in [1.54, 1.807) is 83.1 Å². The molecule has 23 nitrogen and oxygen atoms in total. The summed E-state index contributed by atoms with van der Waals surface area (Å²) in [5, 5.41) is 2.78. The lowest BCUT2D eigenvalue weighted by molar-refractivity contribution is -0.353. The van der Waals surface area contributed by atoms with Crippen molar-refractivity contribution >= 4 is 53.7 Å². The minimum Gasteiger partial charge on any atom is -0.463 e. The average molecular weight is 1110 g/mol. The molecule has 1 aromatic rings. The molecule has 1 saturated carbocycles. The second kappa shape index (κ2) is 26.9. The van der Waals surface area contributed by atoms with E-state index in [2.05, 4.69) is 5.32 Å². The van der Waals surface area contributed by atoms with Crippen molar-refractivity contribution in [1.82, 2.24) is 5.32 Å². The number of esters is 8. The summed E-state index contributed by atoms with van der Waals surface area (Å²) in [5.41, 5.74) is -3.53. The predicted molar refractivity (Wildman–Crippen MR) is 271 cm³/mol. The summed E-state index contributed by atoms with van der Waals surface area (Å²) < 4.78 is 79.6. The normalized spacial score (nSPS) is 28.6. The molecule has 14 atom stereocenters. The molecule has 0 aromatic heterocycles. The van der Waals surface area contributed by atoms with Gasteiger partial charge in [0.2, 0.25) is 5.91 Å². The third-order valence-electron chi connectivity index (χ3n) is 12.0. The molecular weight excluding hydrogens is 1030 g/mol. The topological polar surface area (TPSA) is 286 Å². The molecule has 438 valence electrons. The summed E-state index contributed by atoms with van der Waals surface area (Å²) in [7, 11) is 0. The van der Waals surface area contributed by atoms with Crippen molar-refractivity contribution in [2.45, 2.75) is 222 Å². The molecule has 4 rings (SSSR count). The van der Waals surface area contributed by atoms with E-state index in [1.807, 2.05) is 30.3 Å². The summed E-state index contributed by atoms with van der Waals surface area (Å²) in [4.78, 5) is 121. The van der Waals surface area contributed by atoms with Crippen LogP contribution < -0.4 is 5.32 Å². The van der Waals surface area contributed by atoms with Gasteiger partial charge in [-0.3, -0.25) is 43.2 Å². The average Bonchev–Trinajstić information content (AvgIpc) is 3.29. The van der Waals surface area contributed by atoms with Crippen molar-refractivity contribution in [2.75, 3.05) is 13.2 Å². The van der Waals surface area contributed by atoms with Crippen molar-refractivity contribution in [3.8, 4) is 0 Å². The minimum atomic E-state index is -1.94. The number of ether oxygens (including phenoxy) is 13. The van der Waals surface area contributed by atoms with Crippen LogP contribution in [0.4, 0.5) is 0 Å². The van der Waals surface area contributed by atoms with Gasteiger partial charge in [0.05, 0.1) is 41.5 Å². The molecule has 2 aliphatic heterocycles. The van der Waals surface area contributed by atoms with Crippen LogP contribution in [-0.2, 0) is 111 Å². The number of benzene rings is 1. The fourth-order valence-electron chi connectivity index (χ4n) is 8.65. The first-order valence-electron chi connectivity index (χ1n) is 26.0. The first-order chi connectivity index (χ1) is 35.9. The first kappa shape index (κ1) is 64.8. The number of hydrogen-bond donors (Lipinski definition) is 1. The van der Waals surface area contributed by atoms with Gasteiger partial charge < -0.3 is 66.9 Å². The number of nitrogens with one attached hydrogen (secondary N) is 1. The Bertz CT molecular complexity index is 2280. The molecule has 23 heteroatoms. The van der Waals surface area contributed by atoms with Gasteiger partial charge in [-0.05, 0) is 101 Å². The van der Waals surface area contributed by atoms with Crippen LogP contribution in [0.1, 0.15) is 136 Å². The standard InChI is InChI=1S/C55H81NO22/c1-28(57)56-40-43(75-49-45(71-32(5)61)44(70-31(4)60)42(69-30(3)59)38(74-49)26-66-29(2)58)41(76-51(65)53(9,10)11)39(27-68-50(64)52(6,7)8)73-48(40)72-37-24-35(47(63)78-55(15,16)17)34(46(62)77-54(12,13)14)23-36(37)67-25-33-21-19-18-20-22-33/h18-22,34-45,48-49H,23-27H2,1-17H3,(H,56,57)/t34-,35-,36+,37-,38+,39+,40+,41-,42-,43+,44-,45+,48+,49-/m0/s1. The molecule has 1 N–H and O–H groups in total. The Labute approximate surface area is 456 Å². The Balaban J connectivity index is 2.02. The Morgan fingerprint density at radius 3 is 1.45 bits per heavy atom. The SMILES string of the molecule is CC(=O)N[C@H]1[C@H](O[C@H]2C[C@H](C(=O)OC(C)(C)C)[C@@H](C(=O)OC(C)(C)C)C[C@H]2OCc2ccccc2)O[C@H](COC(=O)C(C)(C)C)[C@H](OC(=O)C(C)(C)C)[C@@H]1O[C@@H]1O[C@H](COC(C)=O)[C@H](OC(C)=O)[C@H](OC(C)=O)[C@H]1OC(C)=O. The van der Waals surface area contributed by atoms with E-state index in [9.17, 15) is 43.2 Å². The van der Waals surface area contributed by atoms with Crippen LogP contribution in [0.3, 0.4) is 0 Å². The monoisotopic (exact) mass is 1110 g/mol. The van der Waals surface area contributed by atoms with Gasteiger partial charge in [0.25, 0.3) is 0 Å². The maximum atomic E-state index is 14.3. The molecule has 0 bridgehead atoms. The quantitative estimate of drug-likeness (QED) is 0.151. The molecule has 0 unspecified atom stereocenters. The molecule has 3 aliphatic rings. The van der Waals surface area contributed by atoms with Crippen LogP contribution >= 0.6 is 0 Å². The van der Waals surface area contributed by atoms with Crippen molar-refractivity contribution < 1.29 is 105 Å². The molecule has 78 heavy (non-hydrogen) atoms. The molecule has 2 saturated heterocycles. The van der Waals surface area contributed by atoms with E-state index < -0.39 is 174 Å². The zero-order valence-electron chi connectivity index (χ0n) is 48.0. The fraction of sp³-hybridized carbons (Fsp3) is 0.727. The number of carbonyl (C=O) groups excluding carboxylic acids is 9. The van der Waals surface area contributed by atoms with E-state index in [0.717, 1.165) is 40.2 Å². The van der Waals surface area contributed by atoms with Crippen molar-refractivity contribution in [3.63, 3.8) is 0 Å². The lowest BCUT2D eigenvalue weighted by Gasteiger charge is -2.50. The minimum absolute atomic E-state index is 0.00496. The van der Waals surface area contributed by atoms with Gasteiger partial charge in [-0.15, -0.1) is 0 Å². The second-order valence-electron chi connectivity index (χ2n) is 23.7. The number of amides is 1.